The lowest BCUT2D eigenvalue weighted by Crippen LogP contribution is -2.59. The van der Waals surface area contributed by atoms with Crippen molar-refractivity contribution in [1.82, 2.24) is 15.0 Å². The maximum Gasteiger partial charge on any atom is 0.305 e. The van der Waals surface area contributed by atoms with Gasteiger partial charge in [0.15, 0.2) is 0 Å². The number of carbonyl (C=O) groups is 1. The minimum atomic E-state index is -1.44. The van der Waals surface area contributed by atoms with E-state index >= 15 is 0 Å². The maximum absolute atomic E-state index is 11.6. The zero-order valence-corrected chi connectivity index (χ0v) is 18.0. The van der Waals surface area contributed by atoms with Gasteiger partial charge < -0.3 is 34.6 Å². The molecule has 0 radical (unpaired) electrons. The molecule has 2 aromatic rings. The lowest BCUT2D eigenvalue weighted by Gasteiger charge is -2.40. The average Bonchev–Trinajstić information content (AvgIpc) is 3.22. The van der Waals surface area contributed by atoms with Gasteiger partial charge in [0.2, 0.25) is 0 Å². The molecule has 1 saturated heterocycles. The highest BCUT2D eigenvalue weighted by molar-refractivity contribution is 5.68. The highest BCUT2D eigenvalue weighted by atomic mass is 16.5. The second-order valence-electron chi connectivity index (χ2n) is 7.70. The minimum absolute atomic E-state index is 0.0306. The van der Waals surface area contributed by atoms with E-state index in [1.807, 2.05) is 0 Å². The third-order valence-corrected chi connectivity index (χ3v) is 5.26. The number of aliphatic hydroxyl groups is 4. The molecule has 0 saturated carbocycles. The van der Waals surface area contributed by atoms with Crippen LogP contribution < -0.4 is 4.74 Å². The molecule has 11 nitrogen and oxygen atoms in total. The van der Waals surface area contributed by atoms with Crippen LogP contribution in [0.1, 0.15) is 30.2 Å². The summed E-state index contributed by atoms with van der Waals surface area (Å²) in [6.07, 6.45) is -3.83. The van der Waals surface area contributed by atoms with Gasteiger partial charge in [-0.15, -0.1) is 5.10 Å². The molecule has 0 bridgehead atoms. The van der Waals surface area contributed by atoms with Crippen LogP contribution in [0.3, 0.4) is 0 Å². The third-order valence-electron chi connectivity index (χ3n) is 5.26. The van der Waals surface area contributed by atoms with E-state index < -0.39 is 37.1 Å². The maximum atomic E-state index is 11.6. The van der Waals surface area contributed by atoms with E-state index in [-0.39, 0.29) is 32.0 Å². The number of aromatic nitrogens is 3. The van der Waals surface area contributed by atoms with Gasteiger partial charge in [-0.3, -0.25) is 9.48 Å². The highest BCUT2D eigenvalue weighted by Gasteiger charge is 2.43. The van der Waals surface area contributed by atoms with Crippen LogP contribution >= 0.6 is 0 Å². The Bertz CT molecular complexity index is 903. The Balaban J connectivity index is 1.77. The number of ether oxygens (including phenoxy) is 3. The predicted octanol–water partition coefficient (Wildman–Crippen LogP) is -0.768. The molecule has 2 heterocycles. The second-order valence-corrected chi connectivity index (χ2v) is 7.70. The van der Waals surface area contributed by atoms with Gasteiger partial charge in [0.05, 0.1) is 18.9 Å². The number of hydrogen-bond donors (Lipinski definition) is 4. The van der Waals surface area contributed by atoms with Gasteiger partial charge in [0, 0.05) is 25.5 Å². The summed E-state index contributed by atoms with van der Waals surface area (Å²) in [7, 11) is 1.74. The Kier molecular flexibility index (Phi) is 8.15. The smallest absolute Gasteiger partial charge is 0.305 e. The number of benzene rings is 1. The summed E-state index contributed by atoms with van der Waals surface area (Å²) >= 11 is 0. The zero-order chi connectivity index (χ0) is 23.3. The van der Waals surface area contributed by atoms with Crippen LogP contribution in [0.25, 0.3) is 0 Å². The molecule has 1 aromatic carbocycles. The van der Waals surface area contributed by atoms with Crippen molar-refractivity contribution in [2.45, 2.75) is 63.5 Å². The molecule has 1 aromatic heterocycles. The molecule has 176 valence electrons. The molecule has 3 rings (SSSR count). The van der Waals surface area contributed by atoms with Gasteiger partial charge in [0.25, 0.3) is 0 Å². The van der Waals surface area contributed by atoms with Gasteiger partial charge in [-0.25, -0.2) is 0 Å². The molecule has 1 aliphatic heterocycles. The lowest BCUT2D eigenvalue weighted by molar-refractivity contribution is -0.228. The molecule has 1 unspecified atom stereocenters. The van der Waals surface area contributed by atoms with Gasteiger partial charge >= 0.3 is 5.97 Å². The first kappa shape index (κ1) is 24.1. The molecule has 1 aliphatic rings. The molecule has 0 spiro atoms. The van der Waals surface area contributed by atoms with Crippen LogP contribution in [0.5, 0.6) is 5.75 Å². The van der Waals surface area contributed by atoms with Crippen LogP contribution in [0.2, 0.25) is 0 Å². The lowest BCUT2D eigenvalue weighted by atomic mass is 9.91. The molecular weight excluding hydrogens is 422 g/mol. The normalized spacial score (nSPS) is 25.5. The van der Waals surface area contributed by atoms with Gasteiger partial charge in [-0.2, -0.15) is 0 Å². The largest absolute Gasteiger partial charge is 0.487 e. The van der Waals surface area contributed by atoms with Gasteiger partial charge in [0.1, 0.15) is 49.1 Å². The second kappa shape index (κ2) is 10.8. The Labute approximate surface area is 185 Å². The van der Waals surface area contributed by atoms with E-state index in [0.717, 1.165) is 0 Å². The van der Waals surface area contributed by atoms with E-state index in [1.165, 1.54) is 0 Å². The number of nitrogens with zero attached hydrogens (tertiary/aromatic N) is 3. The number of hydrogen-bond acceptors (Lipinski definition) is 10. The van der Waals surface area contributed by atoms with Crippen molar-refractivity contribution in [3.8, 4) is 5.75 Å². The molecule has 0 aliphatic carbocycles. The van der Waals surface area contributed by atoms with Crippen molar-refractivity contribution in [2.24, 2.45) is 7.05 Å². The van der Waals surface area contributed by atoms with Gasteiger partial charge in [-0.05, 0) is 11.6 Å². The topological polar surface area (TPSA) is 156 Å². The number of esters is 1. The summed E-state index contributed by atoms with van der Waals surface area (Å²) < 4.78 is 18.3. The molecule has 4 N–H and O–H groups in total. The summed E-state index contributed by atoms with van der Waals surface area (Å²) in [5.41, 5.74) is 1.98. The molecule has 0 amide bonds. The fourth-order valence-corrected chi connectivity index (χ4v) is 3.43. The van der Waals surface area contributed by atoms with Crippen molar-refractivity contribution >= 4 is 5.97 Å². The number of aryl methyl sites for hydroxylation is 1. The third kappa shape index (κ3) is 5.81. The van der Waals surface area contributed by atoms with E-state index in [2.05, 4.69) is 10.3 Å². The molecule has 5 atom stereocenters. The Morgan fingerprint density at radius 3 is 2.56 bits per heavy atom. The first-order chi connectivity index (χ1) is 15.3. The van der Waals surface area contributed by atoms with E-state index in [4.69, 9.17) is 14.2 Å². The van der Waals surface area contributed by atoms with Crippen molar-refractivity contribution < 1.29 is 39.4 Å². The van der Waals surface area contributed by atoms with Crippen LogP contribution in [0, 0.1) is 0 Å². The minimum Gasteiger partial charge on any atom is -0.487 e. The number of rotatable bonds is 9. The molecule has 1 fully saturated rings. The fourth-order valence-electron chi connectivity index (χ4n) is 3.43. The van der Waals surface area contributed by atoms with Crippen molar-refractivity contribution in [2.75, 3.05) is 6.61 Å². The fraction of sp³-hybridized carbons (Fsp3) is 0.571. The molecule has 11 heteroatoms. The quantitative estimate of drug-likeness (QED) is 0.357. The summed E-state index contributed by atoms with van der Waals surface area (Å²) in [5.74, 6) is 0.122. The first-order valence-corrected chi connectivity index (χ1v) is 10.4. The van der Waals surface area contributed by atoms with Crippen molar-refractivity contribution in [1.29, 1.82) is 0 Å². The van der Waals surface area contributed by atoms with Crippen molar-refractivity contribution in [3.05, 3.63) is 41.2 Å². The molecular formula is C21H29N3O8. The Morgan fingerprint density at radius 1 is 1.16 bits per heavy atom. The van der Waals surface area contributed by atoms with Crippen LogP contribution in [0.4, 0.5) is 0 Å². The summed E-state index contributed by atoms with van der Waals surface area (Å²) in [4.78, 5) is 11.6. The van der Waals surface area contributed by atoms with E-state index in [0.29, 0.717) is 22.6 Å². The number of aliphatic hydroxyl groups excluding tert-OH is 4. The Morgan fingerprint density at radius 2 is 1.91 bits per heavy atom. The summed E-state index contributed by atoms with van der Waals surface area (Å²) in [5, 5.41) is 47.5. The first-order valence-electron chi connectivity index (χ1n) is 10.4. The monoisotopic (exact) mass is 451 g/mol. The molecule has 32 heavy (non-hydrogen) atoms. The van der Waals surface area contributed by atoms with Gasteiger partial charge in [-0.1, -0.05) is 24.3 Å². The zero-order valence-electron chi connectivity index (χ0n) is 18.0. The van der Waals surface area contributed by atoms with Crippen LogP contribution in [0.15, 0.2) is 24.4 Å². The predicted molar refractivity (Wildman–Crippen MR) is 109 cm³/mol. The number of carbonyl (C=O) groups excluding carboxylic acids is 1. The van der Waals surface area contributed by atoms with E-state index in [9.17, 15) is 25.2 Å². The summed E-state index contributed by atoms with van der Waals surface area (Å²) in [6.45, 7) is 1.39. The standard InChI is InChI=1S/C21H29N3O8/c1-3-18(26)31-10-13-5-4-12(6-15(13)30-11-14-8-24(2)23-22-14)7-16-19(27)21(29)20(28)17(9-25)32-16/h4-6,8,16-17,19-21,25,27-29H,3,7,9-11H2,1-2H3/t16?,17-,19+,20-,21-/m1/s1. The van der Waals surface area contributed by atoms with Crippen LogP contribution in [-0.2, 0) is 41.0 Å². The SMILES string of the molecule is CCC(=O)OCc1ccc(CC2O[C@H](CO)[C@@H](O)[C@H](O)[C@H]2O)cc1OCc1cn(C)nn1. The highest BCUT2D eigenvalue weighted by Crippen LogP contribution is 2.27. The van der Waals surface area contributed by atoms with E-state index in [1.54, 1.807) is 43.0 Å². The summed E-state index contributed by atoms with van der Waals surface area (Å²) in [6, 6.07) is 5.24. The Hall–Kier alpha value is -2.57. The average molecular weight is 451 g/mol. The van der Waals surface area contributed by atoms with Crippen molar-refractivity contribution in [3.63, 3.8) is 0 Å². The van der Waals surface area contributed by atoms with Crippen LogP contribution in [-0.4, -0.2) is 78.5 Å².